The van der Waals surface area contributed by atoms with Crippen LogP contribution in [0.2, 0.25) is 0 Å². The number of carbonyl (C=O) groups is 1. The first-order valence-electron chi connectivity index (χ1n) is 7.42. The van der Waals surface area contributed by atoms with Crippen LogP contribution in [0.5, 0.6) is 11.5 Å². The number of rotatable bonds is 4. The molecule has 2 aromatic rings. The van der Waals surface area contributed by atoms with Crippen LogP contribution in [-0.2, 0) is 4.79 Å². The number of nitrogens with zero attached hydrogens (tertiary/aromatic N) is 1. The number of methoxy groups -OCH3 is 1. The number of hydrogen-bond acceptors (Lipinski definition) is 4. The van der Waals surface area contributed by atoms with E-state index in [4.69, 9.17) is 4.74 Å². The fourth-order valence-electron chi connectivity index (χ4n) is 2.21. The van der Waals surface area contributed by atoms with Crippen molar-refractivity contribution in [1.29, 1.82) is 5.26 Å². The lowest BCUT2D eigenvalue weighted by Crippen LogP contribution is -2.14. The molecule has 0 bridgehead atoms. The van der Waals surface area contributed by atoms with Crippen LogP contribution in [0.1, 0.15) is 16.7 Å². The maximum Gasteiger partial charge on any atom is 0.266 e. The summed E-state index contributed by atoms with van der Waals surface area (Å²) in [6.07, 6.45) is 1.46. The van der Waals surface area contributed by atoms with Gasteiger partial charge >= 0.3 is 0 Å². The van der Waals surface area contributed by atoms with Gasteiger partial charge in [0.15, 0.2) is 11.5 Å². The molecule has 0 aliphatic rings. The molecule has 5 nitrogen and oxygen atoms in total. The summed E-state index contributed by atoms with van der Waals surface area (Å²) in [5.41, 5.74) is 3.15. The van der Waals surface area contributed by atoms with Crippen LogP contribution in [0.3, 0.4) is 0 Å². The van der Waals surface area contributed by atoms with Crippen LogP contribution in [0, 0.1) is 28.7 Å². The van der Waals surface area contributed by atoms with E-state index < -0.39 is 5.91 Å². The van der Waals surface area contributed by atoms with Gasteiger partial charge in [-0.25, -0.2) is 0 Å². The molecule has 0 saturated carbocycles. The van der Waals surface area contributed by atoms with Crippen LogP contribution in [0.4, 0.5) is 5.69 Å². The SMILES string of the molecule is COc1cc(/C=C(/C#N)C(=O)Nc2cc(C)ccc2C)cc(I)c1O. The van der Waals surface area contributed by atoms with Gasteiger partial charge in [-0.05, 0) is 77.4 Å². The fraction of sp³-hybridized carbons (Fsp3) is 0.158. The Hall–Kier alpha value is -2.53. The number of ether oxygens (including phenoxy) is 1. The zero-order valence-electron chi connectivity index (χ0n) is 14.1. The summed E-state index contributed by atoms with van der Waals surface area (Å²) in [6, 6.07) is 10.9. The van der Waals surface area contributed by atoms with Crippen LogP contribution < -0.4 is 10.1 Å². The number of aromatic hydroxyl groups is 1. The molecule has 0 aromatic heterocycles. The number of anilines is 1. The highest BCUT2D eigenvalue weighted by Crippen LogP contribution is 2.33. The van der Waals surface area contributed by atoms with E-state index in [0.717, 1.165) is 11.1 Å². The van der Waals surface area contributed by atoms with Gasteiger partial charge in [0.2, 0.25) is 0 Å². The van der Waals surface area contributed by atoms with Gasteiger partial charge < -0.3 is 15.2 Å². The Morgan fingerprint density at radius 2 is 2.04 bits per heavy atom. The average molecular weight is 448 g/mol. The standard InChI is InChI=1S/C19H17IN2O3/c1-11-4-5-12(2)16(6-11)22-19(24)14(10-21)7-13-8-15(20)18(23)17(9-13)25-3/h4-9,23H,1-3H3,(H,22,24)/b14-7-. The molecular weight excluding hydrogens is 431 g/mol. The van der Waals surface area contributed by atoms with E-state index in [1.54, 1.807) is 12.1 Å². The summed E-state index contributed by atoms with van der Waals surface area (Å²) in [4.78, 5) is 12.4. The molecule has 0 unspecified atom stereocenters. The number of halogens is 1. The lowest BCUT2D eigenvalue weighted by molar-refractivity contribution is -0.112. The number of aryl methyl sites for hydroxylation is 2. The van der Waals surface area contributed by atoms with E-state index in [1.807, 2.05) is 60.7 Å². The Morgan fingerprint density at radius 1 is 1.32 bits per heavy atom. The van der Waals surface area contributed by atoms with Crippen molar-refractivity contribution in [2.45, 2.75) is 13.8 Å². The summed E-state index contributed by atoms with van der Waals surface area (Å²) in [5, 5.41) is 22.0. The molecule has 0 atom stereocenters. The van der Waals surface area contributed by atoms with Gasteiger partial charge in [0.05, 0.1) is 10.7 Å². The molecule has 6 heteroatoms. The third-order valence-electron chi connectivity index (χ3n) is 3.59. The van der Waals surface area contributed by atoms with Gasteiger partial charge in [0.1, 0.15) is 11.6 Å². The molecule has 0 aliphatic carbocycles. The molecule has 0 aliphatic heterocycles. The van der Waals surface area contributed by atoms with Gasteiger partial charge in [0, 0.05) is 5.69 Å². The minimum absolute atomic E-state index is 0.0265. The smallest absolute Gasteiger partial charge is 0.266 e. The van der Waals surface area contributed by atoms with E-state index >= 15 is 0 Å². The molecule has 2 aromatic carbocycles. The highest BCUT2D eigenvalue weighted by Gasteiger charge is 2.13. The predicted octanol–water partition coefficient (Wildman–Crippen LogP) is 4.17. The molecule has 0 saturated heterocycles. The summed E-state index contributed by atoms with van der Waals surface area (Å²) >= 11 is 1.96. The molecule has 1 amide bonds. The third kappa shape index (κ3) is 4.51. The summed E-state index contributed by atoms with van der Waals surface area (Å²) in [7, 11) is 1.44. The molecule has 2 N–H and O–H groups in total. The number of benzene rings is 2. The largest absolute Gasteiger partial charge is 0.504 e. The number of phenolic OH excluding ortho intramolecular Hbond substituents is 1. The Bertz CT molecular complexity index is 898. The number of hydrogen-bond donors (Lipinski definition) is 2. The van der Waals surface area contributed by atoms with Crippen molar-refractivity contribution in [3.8, 4) is 17.6 Å². The molecule has 25 heavy (non-hydrogen) atoms. The van der Waals surface area contributed by atoms with Crippen LogP contribution in [0.15, 0.2) is 35.9 Å². The van der Waals surface area contributed by atoms with Crippen LogP contribution >= 0.6 is 22.6 Å². The lowest BCUT2D eigenvalue weighted by Gasteiger charge is -2.09. The molecule has 128 valence electrons. The maximum absolute atomic E-state index is 12.4. The van der Waals surface area contributed by atoms with E-state index in [9.17, 15) is 15.2 Å². The Morgan fingerprint density at radius 3 is 2.68 bits per heavy atom. The number of phenols is 1. The predicted molar refractivity (Wildman–Crippen MR) is 106 cm³/mol. The van der Waals surface area contributed by atoms with Gasteiger partial charge in [0.25, 0.3) is 5.91 Å². The quantitative estimate of drug-likeness (QED) is 0.418. The molecule has 0 heterocycles. The Kier molecular flexibility index (Phi) is 6.04. The summed E-state index contributed by atoms with van der Waals surface area (Å²) < 4.78 is 5.66. The topological polar surface area (TPSA) is 82.3 Å². The lowest BCUT2D eigenvalue weighted by atomic mass is 10.1. The summed E-state index contributed by atoms with van der Waals surface area (Å²) in [5.74, 6) is -0.178. The zero-order valence-corrected chi connectivity index (χ0v) is 16.2. The monoisotopic (exact) mass is 448 g/mol. The van der Waals surface area contributed by atoms with Gasteiger partial charge in [-0.3, -0.25) is 4.79 Å². The molecule has 0 fully saturated rings. The Labute approximate surface area is 160 Å². The van der Waals surface area contributed by atoms with E-state index in [-0.39, 0.29) is 17.1 Å². The van der Waals surface area contributed by atoms with Crippen molar-refractivity contribution in [2.75, 3.05) is 12.4 Å². The highest BCUT2D eigenvalue weighted by atomic mass is 127. The van der Waals surface area contributed by atoms with Crippen LogP contribution in [-0.4, -0.2) is 18.1 Å². The minimum Gasteiger partial charge on any atom is -0.504 e. The van der Waals surface area contributed by atoms with Crippen molar-refractivity contribution in [2.24, 2.45) is 0 Å². The second-order valence-electron chi connectivity index (χ2n) is 5.50. The van der Waals surface area contributed by atoms with Crippen molar-refractivity contribution in [1.82, 2.24) is 0 Å². The van der Waals surface area contributed by atoms with Gasteiger partial charge in [-0.1, -0.05) is 12.1 Å². The second-order valence-corrected chi connectivity index (χ2v) is 6.66. The normalized spacial score (nSPS) is 10.9. The fourth-order valence-corrected chi connectivity index (χ4v) is 2.83. The number of nitriles is 1. The first-order chi connectivity index (χ1) is 11.8. The number of carbonyl (C=O) groups excluding carboxylic acids is 1. The van der Waals surface area contributed by atoms with Crippen molar-refractivity contribution in [3.63, 3.8) is 0 Å². The molecule has 2 rings (SSSR count). The number of nitrogens with one attached hydrogen (secondary N) is 1. The zero-order chi connectivity index (χ0) is 18.6. The maximum atomic E-state index is 12.4. The summed E-state index contributed by atoms with van der Waals surface area (Å²) in [6.45, 7) is 3.82. The van der Waals surface area contributed by atoms with Crippen molar-refractivity contribution >= 4 is 40.3 Å². The average Bonchev–Trinajstić information content (AvgIpc) is 2.58. The van der Waals surface area contributed by atoms with Gasteiger partial charge in [-0.2, -0.15) is 5.26 Å². The molecule has 0 radical (unpaired) electrons. The number of amides is 1. The Balaban J connectivity index is 2.34. The highest BCUT2D eigenvalue weighted by molar-refractivity contribution is 14.1. The first-order valence-corrected chi connectivity index (χ1v) is 8.50. The molecular formula is C19H17IN2O3. The van der Waals surface area contributed by atoms with Crippen molar-refractivity contribution < 1.29 is 14.6 Å². The second kappa shape index (κ2) is 8.03. The van der Waals surface area contributed by atoms with Crippen molar-refractivity contribution in [3.05, 3.63) is 56.2 Å². The van der Waals surface area contributed by atoms with Crippen LogP contribution in [0.25, 0.3) is 6.08 Å². The van der Waals surface area contributed by atoms with E-state index in [1.165, 1.54) is 13.2 Å². The first kappa shape index (κ1) is 18.8. The molecule has 0 spiro atoms. The third-order valence-corrected chi connectivity index (χ3v) is 4.41. The van der Waals surface area contributed by atoms with Gasteiger partial charge in [-0.15, -0.1) is 0 Å². The van der Waals surface area contributed by atoms with E-state index in [0.29, 0.717) is 14.8 Å². The minimum atomic E-state index is -0.488. The van der Waals surface area contributed by atoms with E-state index in [2.05, 4.69) is 5.32 Å².